The van der Waals surface area contributed by atoms with E-state index in [2.05, 4.69) is 24.4 Å². The summed E-state index contributed by atoms with van der Waals surface area (Å²) in [7, 11) is 0. The Morgan fingerprint density at radius 1 is 0.917 bits per heavy atom. The van der Waals surface area contributed by atoms with Crippen LogP contribution < -0.4 is 14.8 Å². The second-order valence-electron chi connectivity index (χ2n) is 8.83. The Morgan fingerprint density at radius 3 is 2.31 bits per heavy atom. The molecule has 0 saturated heterocycles. The molecule has 0 bridgehead atoms. The summed E-state index contributed by atoms with van der Waals surface area (Å²) in [5, 5.41) is 3.31. The van der Waals surface area contributed by atoms with E-state index in [9.17, 15) is 4.79 Å². The van der Waals surface area contributed by atoms with Gasteiger partial charge in [0.1, 0.15) is 30.4 Å². The number of aromatic nitrogens is 2. The highest BCUT2D eigenvalue weighted by Gasteiger charge is 2.27. The zero-order valence-corrected chi connectivity index (χ0v) is 20.7. The molecule has 6 heteroatoms. The fraction of sp³-hybridized carbons (Fsp3) is 0.267. The molecule has 0 fully saturated rings. The number of fused-ring (bicyclic) bond motifs is 1. The summed E-state index contributed by atoms with van der Waals surface area (Å²) in [4.78, 5) is 19.0. The molecule has 1 aliphatic heterocycles. The zero-order chi connectivity index (χ0) is 24.9. The minimum absolute atomic E-state index is 0.0859. The first-order valence-corrected chi connectivity index (χ1v) is 12.6. The van der Waals surface area contributed by atoms with Crippen LogP contribution in [0.25, 0.3) is 22.6 Å². The van der Waals surface area contributed by atoms with Crippen LogP contribution in [0, 0.1) is 0 Å². The second kappa shape index (κ2) is 10.7. The van der Waals surface area contributed by atoms with Gasteiger partial charge in [-0.25, -0.2) is 4.98 Å². The van der Waals surface area contributed by atoms with Gasteiger partial charge in [-0.05, 0) is 37.1 Å². The molecule has 0 radical (unpaired) electrons. The predicted octanol–water partition coefficient (Wildman–Crippen LogP) is 6.28. The van der Waals surface area contributed by atoms with E-state index in [4.69, 9.17) is 14.5 Å². The van der Waals surface area contributed by atoms with Gasteiger partial charge in [-0.3, -0.25) is 4.79 Å². The Bertz CT molecular complexity index is 1330. The van der Waals surface area contributed by atoms with Crippen LogP contribution >= 0.6 is 0 Å². The number of imidazole rings is 1. The SMILES string of the molecule is CCCC(NC(=O)c1c(-c2ccc3c(c2)OCCO3)nc(-c2ccccc2)n1CC)c1ccccc1. The van der Waals surface area contributed by atoms with Gasteiger partial charge in [0.05, 0.1) is 6.04 Å². The first kappa shape index (κ1) is 23.7. The van der Waals surface area contributed by atoms with E-state index in [1.54, 1.807) is 0 Å². The molecule has 0 spiro atoms. The van der Waals surface area contributed by atoms with Crippen molar-refractivity contribution >= 4 is 5.91 Å². The van der Waals surface area contributed by atoms with Gasteiger partial charge in [-0.15, -0.1) is 0 Å². The summed E-state index contributed by atoms with van der Waals surface area (Å²) in [5.41, 5.74) is 4.06. The number of hydrogen-bond donors (Lipinski definition) is 1. The first-order chi connectivity index (χ1) is 17.7. The lowest BCUT2D eigenvalue weighted by Crippen LogP contribution is -2.30. The van der Waals surface area contributed by atoms with E-state index >= 15 is 0 Å². The van der Waals surface area contributed by atoms with Crippen LogP contribution in [-0.4, -0.2) is 28.7 Å². The maximum absolute atomic E-state index is 14.0. The number of amides is 1. The third-order valence-electron chi connectivity index (χ3n) is 6.43. The summed E-state index contributed by atoms with van der Waals surface area (Å²) in [6.45, 7) is 5.80. The van der Waals surface area contributed by atoms with Crippen molar-refractivity contribution < 1.29 is 14.3 Å². The van der Waals surface area contributed by atoms with E-state index < -0.39 is 0 Å². The predicted molar refractivity (Wildman–Crippen MR) is 141 cm³/mol. The van der Waals surface area contributed by atoms with Crippen LogP contribution in [-0.2, 0) is 6.54 Å². The van der Waals surface area contributed by atoms with E-state index in [0.29, 0.717) is 42.6 Å². The van der Waals surface area contributed by atoms with Gasteiger partial charge in [0.25, 0.3) is 5.91 Å². The average molecular weight is 482 g/mol. The number of carbonyl (C=O) groups excluding carboxylic acids is 1. The number of hydrogen-bond acceptors (Lipinski definition) is 4. The minimum atomic E-state index is -0.140. The second-order valence-corrected chi connectivity index (χ2v) is 8.83. The molecule has 3 aromatic carbocycles. The molecule has 1 unspecified atom stereocenters. The van der Waals surface area contributed by atoms with Crippen LogP contribution in [0.3, 0.4) is 0 Å². The van der Waals surface area contributed by atoms with E-state index in [-0.39, 0.29) is 11.9 Å². The average Bonchev–Trinajstić information content (AvgIpc) is 3.33. The van der Waals surface area contributed by atoms with Gasteiger partial charge in [-0.1, -0.05) is 74.0 Å². The Labute approximate surface area is 211 Å². The smallest absolute Gasteiger partial charge is 0.270 e. The largest absolute Gasteiger partial charge is 0.486 e. The van der Waals surface area contributed by atoms with Gasteiger partial charge < -0.3 is 19.4 Å². The lowest BCUT2D eigenvalue weighted by molar-refractivity contribution is 0.0926. The van der Waals surface area contributed by atoms with Gasteiger partial charge in [-0.2, -0.15) is 0 Å². The molecular weight excluding hydrogens is 450 g/mol. The van der Waals surface area contributed by atoms with Crippen LogP contribution in [0.5, 0.6) is 11.5 Å². The van der Waals surface area contributed by atoms with Gasteiger partial charge >= 0.3 is 0 Å². The maximum atomic E-state index is 14.0. The number of ether oxygens (including phenoxy) is 2. The van der Waals surface area contributed by atoms with Gasteiger partial charge in [0.15, 0.2) is 11.5 Å². The molecule has 0 aliphatic carbocycles. The molecule has 0 saturated carbocycles. The molecule has 1 amide bonds. The van der Waals surface area contributed by atoms with Crippen LogP contribution in [0.1, 0.15) is 48.8 Å². The Kier molecular flexibility index (Phi) is 7.03. The maximum Gasteiger partial charge on any atom is 0.270 e. The van der Waals surface area contributed by atoms with Crippen molar-refractivity contribution in [3.05, 3.63) is 90.1 Å². The molecule has 184 valence electrons. The Balaban J connectivity index is 1.61. The number of benzene rings is 3. The fourth-order valence-electron chi connectivity index (χ4n) is 4.71. The quantitative estimate of drug-likeness (QED) is 0.322. The van der Waals surface area contributed by atoms with Crippen molar-refractivity contribution in [2.75, 3.05) is 13.2 Å². The number of nitrogens with zero attached hydrogens (tertiary/aromatic N) is 2. The third kappa shape index (κ3) is 4.71. The number of nitrogens with one attached hydrogen (secondary N) is 1. The van der Waals surface area contributed by atoms with Crippen molar-refractivity contribution in [2.24, 2.45) is 0 Å². The van der Waals surface area contributed by atoms with Crippen molar-refractivity contribution in [2.45, 2.75) is 39.3 Å². The minimum Gasteiger partial charge on any atom is -0.486 e. The zero-order valence-electron chi connectivity index (χ0n) is 20.7. The molecule has 2 heterocycles. The highest BCUT2D eigenvalue weighted by atomic mass is 16.6. The van der Waals surface area contributed by atoms with Crippen molar-refractivity contribution in [3.63, 3.8) is 0 Å². The topological polar surface area (TPSA) is 65.4 Å². The fourth-order valence-corrected chi connectivity index (χ4v) is 4.71. The Hall–Kier alpha value is -4.06. The highest BCUT2D eigenvalue weighted by molar-refractivity contribution is 6.00. The number of carbonyl (C=O) groups is 1. The lowest BCUT2D eigenvalue weighted by Gasteiger charge is -2.20. The van der Waals surface area contributed by atoms with Crippen LogP contribution in [0.2, 0.25) is 0 Å². The van der Waals surface area contributed by atoms with Gasteiger partial charge in [0.2, 0.25) is 0 Å². The van der Waals surface area contributed by atoms with Crippen molar-refractivity contribution in [3.8, 4) is 34.1 Å². The van der Waals surface area contributed by atoms with Crippen molar-refractivity contribution in [1.29, 1.82) is 0 Å². The molecular formula is C30H31N3O3. The molecule has 1 aliphatic rings. The van der Waals surface area contributed by atoms with Crippen molar-refractivity contribution in [1.82, 2.24) is 14.9 Å². The van der Waals surface area contributed by atoms with Crippen LogP contribution in [0.4, 0.5) is 0 Å². The van der Waals surface area contributed by atoms with E-state index in [1.807, 2.05) is 78.2 Å². The van der Waals surface area contributed by atoms with Crippen LogP contribution in [0.15, 0.2) is 78.9 Å². The van der Waals surface area contributed by atoms with E-state index in [0.717, 1.165) is 35.4 Å². The first-order valence-electron chi connectivity index (χ1n) is 12.6. The summed E-state index contributed by atoms with van der Waals surface area (Å²) < 4.78 is 13.5. The monoisotopic (exact) mass is 481 g/mol. The third-order valence-corrected chi connectivity index (χ3v) is 6.43. The molecule has 1 aromatic heterocycles. The summed E-state index contributed by atoms with van der Waals surface area (Å²) in [5.74, 6) is 2.01. The molecule has 1 N–H and O–H groups in total. The molecule has 4 aromatic rings. The molecule has 5 rings (SSSR count). The Morgan fingerprint density at radius 2 is 1.61 bits per heavy atom. The number of rotatable bonds is 8. The summed E-state index contributed by atoms with van der Waals surface area (Å²) in [6.07, 6.45) is 1.80. The standard InChI is InChI=1S/C30H31N3O3/c1-3-11-24(21-12-7-5-8-13-21)31-30(34)28-27(23-16-17-25-26(20-23)36-19-18-35-25)32-29(33(28)4-2)22-14-9-6-10-15-22/h5-10,12-17,20,24H,3-4,11,18-19H2,1-2H3,(H,31,34). The van der Waals surface area contributed by atoms with Gasteiger partial charge in [0, 0.05) is 17.7 Å². The summed E-state index contributed by atoms with van der Waals surface area (Å²) in [6, 6.07) is 25.8. The highest BCUT2D eigenvalue weighted by Crippen LogP contribution is 2.37. The lowest BCUT2D eigenvalue weighted by atomic mass is 10.0. The molecule has 1 atom stereocenters. The molecule has 6 nitrogen and oxygen atoms in total. The van der Waals surface area contributed by atoms with E-state index in [1.165, 1.54) is 0 Å². The molecule has 36 heavy (non-hydrogen) atoms. The normalized spacial score (nSPS) is 13.3. The summed E-state index contributed by atoms with van der Waals surface area (Å²) >= 11 is 0.